The Morgan fingerprint density at radius 3 is 2.10 bits per heavy atom. The summed E-state index contributed by atoms with van der Waals surface area (Å²) >= 11 is 0. The van der Waals surface area contributed by atoms with Gasteiger partial charge in [0.25, 0.3) is 0 Å². The summed E-state index contributed by atoms with van der Waals surface area (Å²) in [5, 5.41) is 3.02. The van der Waals surface area contributed by atoms with Gasteiger partial charge in [-0.25, -0.2) is 0 Å². The predicted octanol–water partition coefficient (Wildman–Crippen LogP) is 4.36. The summed E-state index contributed by atoms with van der Waals surface area (Å²) in [4.78, 5) is 28.0. The average molecular weight is 551 g/mol. The summed E-state index contributed by atoms with van der Waals surface area (Å²) in [6, 6.07) is 12.1. The molecule has 0 aliphatic rings. The number of carbonyl (C=O) groups excluding carboxylic acids is 1. The summed E-state index contributed by atoms with van der Waals surface area (Å²) in [5.41, 5.74) is 2.08. The number of fused-ring (bicyclic) bond motifs is 1. The van der Waals surface area contributed by atoms with Gasteiger partial charge in [-0.2, -0.15) is 0 Å². The minimum absolute atomic E-state index is 0.0594. The Morgan fingerprint density at radius 2 is 1.55 bits per heavy atom. The number of aryl methyl sites for hydroxylation is 1. The van der Waals surface area contributed by atoms with E-state index in [-0.39, 0.29) is 35.0 Å². The molecule has 0 fully saturated rings. The monoisotopic (exact) mass is 550 g/mol. The van der Waals surface area contributed by atoms with Gasteiger partial charge in [-0.3, -0.25) is 9.59 Å². The molecule has 2 aromatic heterocycles. The van der Waals surface area contributed by atoms with Crippen LogP contribution >= 0.6 is 0 Å². The van der Waals surface area contributed by atoms with Crippen molar-refractivity contribution in [3.05, 3.63) is 69.6 Å². The van der Waals surface area contributed by atoms with Gasteiger partial charge in [0.15, 0.2) is 17.1 Å². The molecule has 212 valence electrons. The number of methoxy groups -OCH3 is 4. The van der Waals surface area contributed by atoms with Crippen LogP contribution in [0.2, 0.25) is 0 Å². The molecule has 10 nitrogen and oxygen atoms in total. The molecule has 0 saturated carbocycles. The number of carbonyl (C=O) groups is 1. The summed E-state index contributed by atoms with van der Waals surface area (Å²) in [6.45, 7) is 1.98. The third kappa shape index (κ3) is 5.76. The number of likely N-dealkylation sites (N-methyl/N-ethyl adjacent to an activating group) is 1. The number of nitrogens with zero attached hydrogens (tertiary/aromatic N) is 1. The van der Waals surface area contributed by atoms with Gasteiger partial charge >= 0.3 is 0 Å². The lowest BCUT2D eigenvalue weighted by molar-refractivity contribution is -0.120. The molecule has 1 N–H and O–H groups in total. The van der Waals surface area contributed by atoms with E-state index in [1.165, 1.54) is 6.07 Å². The summed E-state index contributed by atoms with van der Waals surface area (Å²) in [5.74, 6) is 2.77. The second kappa shape index (κ2) is 12.2. The molecular formula is C30H34N2O8. The van der Waals surface area contributed by atoms with E-state index in [1.807, 2.05) is 43.3 Å². The normalized spacial score (nSPS) is 11.9. The van der Waals surface area contributed by atoms with E-state index in [9.17, 15) is 9.59 Å². The van der Waals surface area contributed by atoms with E-state index >= 15 is 0 Å². The quantitative estimate of drug-likeness (QED) is 0.291. The van der Waals surface area contributed by atoms with Crippen LogP contribution in [-0.4, -0.2) is 59.9 Å². The fourth-order valence-corrected chi connectivity index (χ4v) is 4.62. The van der Waals surface area contributed by atoms with Gasteiger partial charge in [-0.15, -0.1) is 0 Å². The molecular weight excluding hydrogens is 516 g/mol. The molecule has 10 heteroatoms. The molecule has 40 heavy (non-hydrogen) atoms. The van der Waals surface area contributed by atoms with Crippen LogP contribution in [0.3, 0.4) is 0 Å². The molecule has 1 unspecified atom stereocenters. The molecule has 1 atom stereocenters. The summed E-state index contributed by atoms with van der Waals surface area (Å²) < 4.78 is 33.6. The molecule has 1 amide bonds. The summed E-state index contributed by atoms with van der Waals surface area (Å²) in [6.07, 6.45) is -0.0594. The fraction of sp³-hybridized carbons (Fsp3) is 0.333. The molecule has 4 aromatic rings. The third-order valence-electron chi connectivity index (χ3n) is 6.66. The van der Waals surface area contributed by atoms with E-state index < -0.39 is 0 Å². The van der Waals surface area contributed by atoms with Crippen LogP contribution in [0.25, 0.3) is 22.5 Å². The topological polar surface area (TPSA) is 113 Å². The predicted molar refractivity (Wildman–Crippen MR) is 151 cm³/mol. The van der Waals surface area contributed by atoms with Crippen molar-refractivity contribution in [1.29, 1.82) is 0 Å². The maximum absolute atomic E-state index is 13.3. The highest BCUT2D eigenvalue weighted by molar-refractivity contribution is 5.90. The highest BCUT2D eigenvalue weighted by atomic mass is 16.5. The van der Waals surface area contributed by atoms with Crippen LogP contribution in [-0.2, 0) is 11.2 Å². The van der Waals surface area contributed by atoms with Crippen LogP contribution in [0, 0.1) is 6.92 Å². The Bertz CT molecular complexity index is 1530. The Morgan fingerprint density at radius 1 is 0.900 bits per heavy atom. The zero-order chi connectivity index (χ0) is 29.0. The number of hydrogen-bond donors (Lipinski definition) is 1. The fourth-order valence-electron chi connectivity index (χ4n) is 4.62. The number of furan rings is 1. The average Bonchev–Trinajstić information content (AvgIpc) is 3.30. The Labute approximate surface area is 232 Å². The maximum Gasteiger partial charge on any atom is 0.228 e. The maximum atomic E-state index is 13.3. The zero-order valence-electron chi connectivity index (χ0n) is 23.7. The van der Waals surface area contributed by atoms with Crippen LogP contribution in [0.15, 0.2) is 56.1 Å². The van der Waals surface area contributed by atoms with Gasteiger partial charge in [0, 0.05) is 18.2 Å². The van der Waals surface area contributed by atoms with Gasteiger partial charge in [-0.05, 0) is 63.0 Å². The molecule has 4 rings (SSSR count). The number of hydrogen-bond acceptors (Lipinski definition) is 9. The summed E-state index contributed by atoms with van der Waals surface area (Å²) in [7, 11) is 10.1. The molecule has 2 heterocycles. The molecule has 0 radical (unpaired) electrons. The standard InChI is InChI=1S/C30H34N2O8/c1-17-12-23(33)29-28(39-17)21(27(40-29)18-8-10-20(35-4)11-9-18)15-26(34)31-16-22(32(2)3)19-13-24(36-5)30(38-7)25(14-19)37-6/h8-14,22H,15-16H2,1-7H3,(H,31,34). The van der Waals surface area contributed by atoms with Crippen molar-refractivity contribution in [2.24, 2.45) is 0 Å². The first-order chi connectivity index (χ1) is 19.2. The van der Waals surface area contributed by atoms with Crippen molar-refractivity contribution in [1.82, 2.24) is 10.2 Å². The van der Waals surface area contributed by atoms with Gasteiger partial charge in [-0.1, -0.05) is 0 Å². The molecule has 0 bridgehead atoms. The van der Waals surface area contributed by atoms with E-state index in [0.717, 1.165) is 5.56 Å². The van der Waals surface area contributed by atoms with E-state index in [0.29, 0.717) is 52.2 Å². The van der Waals surface area contributed by atoms with Gasteiger partial charge < -0.3 is 38.0 Å². The molecule has 0 spiro atoms. The van der Waals surface area contributed by atoms with Crippen molar-refractivity contribution >= 4 is 17.1 Å². The van der Waals surface area contributed by atoms with Crippen LogP contribution in [0.1, 0.15) is 22.9 Å². The van der Waals surface area contributed by atoms with Crippen molar-refractivity contribution in [2.45, 2.75) is 19.4 Å². The number of ether oxygens (including phenoxy) is 4. The first-order valence-corrected chi connectivity index (χ1v) is 12.6. The largest absolute Gasteiger partial charge is 0.497 e. The lowest BCUT2D eigenvalue weighted by atomic mass is 10.0. The van der Waals surface area contributed by atoms with Gasteiger partial charge in [0.05, 0.1) is 46.5 Å². The highest BCUT2D eigenvalue weighted by Gasteiger charge is 2.25. The van der Waals surface area contributed by atoms with Crippen molar-refractivity contribution in [2.75, 3.05) is 49.1 Å². The highest BCUT2D eigenvalue weighted by Crippen LogP contribution is 2.40. The number of amides is 1. The molecule has 0 saturated heterocycles. The molecule has 0 aliphatic heterocycles. The lowest BCUT2D eigenvalue weighted by Crippen LogP contribution is -2.35. The zero-order valence-corrected chi connectivity index (χ0v) is 23.7. The van der Waals surface area contributed by atoms with Crippen molar-refractivity contribution in [3.63, 3.8) is 0 Å². The third-order valence-corrected chi connectivity index (χ3v) is 6.66. The Balaban J connectivity index is 1.64. The second-order valence-corrected chi connectivity index (χ2v) is 9.44. The lowest BCUT2D eigenvalue weighted by Gasteiger charge is -2.26. The Hall–Kier alpha value is -4.44. The van der Waals surface area contributed by atoms with Gasteiger partial charge in [0.1, 0.15) is 17.3 Å². The van der Waals surface area contributed by atoms with Crippen molar-refractivity contribution in [3.8, 4) is 34.3 Å². The van der Waals surface area contributed by atoms with E-state index in [2.05, 4.69) is 5.32 Å². The SMILES string of the molecule is COc1ccc(-c2oc3c(=O)cc(C)oc3c2CC(=O)NCC(c2cc(OC)c(OC)c(OC)c2)N(C)C)cc1. The van der Waals surface area contributed by atoms with Crippen molar-refractivity contribution < 1.29 is 32.6 Å². The minimum Gasteiger partial charge on any atom is -0.497 e. The Kier molecular flexibility index (Phi) is 8.69. The minimum atomic E-state index is -0.310. The number of rotatable bonds is 11. The first-order valence-electron chi connectivity index (χ1n) is 12.6. The smallest absolute Gasteiger partial charge is 0.228 e. The number of nitrogens with one attached hydrogen (secondary N) is 1. The second-order valence-electron chi connectivity index (χ2n) is 9.44. The molecule has 0 aliphatic carbocycles. The van der Waals surface area contributed by atoms with Gasteiger partial charge in [0.2, 0.25) is 22.7 Å². The number of benzene rings is 2. The van der Waals surface area contributed by atoms with E-state index in [4.69, 9.17) is 27.8 Å². The molecule has 2 aromatic carbocycles. The van der Waals surface area contributed by atoms with Crippen LogP contribution < -0.4 is 29.7 Å². The van der Waals surface area contributed by atoms with Crippen LogP contribution in [0.4, 0.5) is 0 Å². The first kappa shape index (κ1) is 28.6. The van der Waals surface area contributed by atoms with Crippen LogP contribution in [0.5, 0.6) is 23.0 Å². The van der Waals surface area contributed by atoms with E-state index in [1.54, 1.807) is 47.5 Å².